The number of amides is 7. The van der Waals surface area contributed by atoms with Crippen LogP contribution >= 0.6 is 0 Å². The highest BCUT2D eigenvalue weighted by atomic mass is 16.6. The van der Waals surface area contributed by atoms with Crippen molar-refractivity contribution in [2.45, 2.75) is 181 Å². The third kappa shape index (κ3) is 26.3. The molecule has 2 fully saturated rings. The van der Waals surface area contributed by atoms with Gasteiger partial charge in [0.1, 0.15) is 49.0 Å². The molecule has 518 valence electrons. The van der Waals surface area contributed by atoms with Crippen molar-refractivity contribution in [1.29, 1.82) is 0 Å². The van der Waals surface area contributed by atoms with Gasteiger partial charge >= 0.3 is 18.0 Å². The summed E-state index contributed by atoms with van der Waals surface area (Å²) in [7, 11) is 6.35. The van der Waals surface area contributed by atoms with Crippen LogP contribution in [-0.4, -0.2) is 181 Å². The Kier molecular flexibility index (Phi) is 32.4. The summed E-state index contributed by atoms with van der Waals surface area (Å²) in [5.41, 5.74) is 2.68. The van der Waals surface area contributed by atoms with E-state index >= 15 is 0 Å². The number of likely N-dealkylation sites (tertiary alicyclic amines) is 2. The molecule has 21 heteroatoms. The van der Waals surface area contributed by atoms with Crippen molar-refractivity contribution in [2.75, 3.05) is 61.0 Å². The normalized spacial score (nSPS) is 15.6. The van der Waals surface area contributed by atoms with Gasteiger partial charge in [-0.15, -0.1) is 0 Å². The fourth-order valence-electron chi connectivity index (χ4n) is 11.5. The first kappa shape index (κ1) is 77.1. The average Bonchev–Trinajstić information content (AvgIpc) is 0.930. The summed E-state index contributed by atoms with van der Waals surface area (Å²) in [5.74, 6) is -4.23. The molecule has 4 aromatic carbocycles. The van der Waals surface area contributed by atoms with Crippen LogP contribution in [0.5, 0.6) is 0 Å². The first-order valence-corrected chi connectivity index (χ1v) is 33.5. The van der Waals surface area contributed by atoms with Gasteiger partial charge in [-0.1, -0.05) is 149 Å². The molecule has 3 N–H and O–H groups in total. The molecule has 0 aliphatic carbocycles. The Bertz CT molecular complexity index is 3050. The molecule has 7 rings (SSSR count). The molecule has 0 aromatic heterocycles. The van der Waals surface area contributed by atoms with Gasteiger partial charge in [0.15, 0.2) is 0 Å². The van der Waals surface area contributed by atoms with Crippen LogP contribution in [0, 0.1) is 11.8 Å². The van der Waals surface area contributed by atoms with Crippen molar-refractivity contribution in [2.24, 2.45) is 11.8 Å². The minimum Gasteiger partial charge on any atom is -0.502 e. The molecule has 95 heavy (non-hydrogen) atoms. The van der Waals surface area contributed by atoms with Gasteiger partial charge in [0.2, 0.25) is 35.4 Å². The number of carbonyl (C=O) groups is 9. The van der Waals surface area contributed by atoms with E-state index < -0.39 is 77.6 Å². The van der Waals surface area contributed by atoms with E-state index in [2.05, 4.69) is 16.0 Å². The third-order valence-electron chi connectivity index (χ3n) is 16.6. The fourth-order valence-corrected chi connectivity index (χ4v) is 11.5. The van der Waals surface area contributed by atoms with Crippen LogP contribution in [0.3, 0.4) is 0 Å². The molecule has 2 saturated heterocycles. The highest BCUT2D eigenvalue weighted by Crippen LogP contribution is 2.22. The number of carbonyl (C=O) groups excluding carboxylic acids is 9. The molecule has 2 unspecified atom stereocenters. The summed E-state index contributed by atoms with van der Waals surface area (Å²) >= 11 is 0. The van der Waals surface area contributed by atoms with Gasteiger partial charge in [0.25, 0.3) is 0 Å². The van der Waals surface area contributed by atoms with Gasteiger partial charge in [0.05, 0.1) is 31.8 Å². The second kappa shape index (κ2) is 40.0. The molecule has 3 aliphatic heterocycles. The summed E-state index contributed by atoms with van der Waals surface area (Å²) in [6.07, 6.45) is 11.0. The molecule has 4 aromatic rings. The molecule has 7 amide bonds. The van der Waals surface area contributed by atoms with E-state index in [1.807, 2.05) is 141 Å². The summed E-state index contributed by atoms with van der Waals surface area (Å²) < 4.78 is 21.4. The highest BCUT2D eigenvalue weighted by molar-refractivity contribution is 5.96. The Morgan fingerprint density at radius 3 is 1.23 bits per heavy atom. The number of hydrogen-bond donors (Lipinski definition) is 3. The van der Waals surface area contributed by atoms with E-state index in [0.717, 1.165) is 67.4 Å². The van der Waals surface area contributed by atoms with E-state index in [1.165, 1.54) is 41.6 Å². The summed E-state index contributed by atoms with van der Waals surface area (Å²) in [5, 5.41) is 8.70. The van der Waals surface area contributed by atoms with Crippen LogP contribution in [-0.2, 0) is 83.4 Å². The zero-order valence-electron chi connectivity index (χ0n) is 57.8. The first-order valence-electron chi connectivity index (χ1n) is 33.5. The molecule has 3 heterocycles. The predicted octanol–water partition coefficient (Wildman–Crippen LogP) is 8.82. The Hall–Kier alpha value is -8.59. The zero-order valence-corrected chi connectivity index (χ0v) is 57.8. The van der Waals surface area contributed by atoms with Crippen LogP contribution in [0.25, 0.3) is 0 Å². The number of piperidine rings is 2. The Balaban J connectivity index is 0.000000318. The van der Waals surface area contributed by atoms with E-state index in [-0.39, 0.29) is 62.0 Å². The Morgan fingerprint density at radius 2 is 0.895 bits per heavy atom. The average molecular weight is 1310 g/mol. The van der Waals surface area contributed by atoms with Gasteiger partial charge in [-0.2, -0.15) is 0 Å². The monoisotopic (exact) mass is 1310 g/mol. The molecule has 0 bridgehead atoms. The lowest BCUT2D eigenvalue weighted by Gasteiger charge is -2.37. The molecule has 0 spiro atoms. The third-order valence-corrected chi connectivity index (χ3v) is 16.6. The smallest absolute Gasteiger partial charge is 0.410 e. The SMILES string of the molecule is C1=COCCC1.CC(C)[C@@H](C(=O)N[C@@H](CC(=O)OCc1ccccc1)C(=O)N1CCCCC1)N(C)C(=O)C(Cc1ccccc1)N(C)C(=O)OC(C)(C)C.CNC(Cc1ccccc1)C(=O)N(C)[C@H](C(=O)N[C@@H](CC(=O)OCc1ccccc1)C(=O)N1CCCCC1)C(C)C. The number of esters is 2. The quantitative estimate of drug-likeness (QED) is 0.0393. The summed E-state index contributed by atoms with van der Waals surface area (Å²) in [6.45, 7) is 15.8. The number of benzene rings is 4. The van der Waals surface area contributed by atoms with E-state index in [9.17, 15) is 43.2 Å². The van der Waals surface area contributed by atoms with Gasteiger partial charge in [-0.05, 0) is 126 Å². The lowest BCUT2D eigenvalue weighted by atomic mass is 9.98. The second-order valence-electron chi connectivity index (χ2n) is 26.1. The van der Waals surface area contributed by atoms with Gasteiger partial charge in [-0.25, -0.2) is 4.79 Å². The fraction of sp³-hybridized carbons (Fsp3) is 0.527. The molecule has 0 saturated carbocycles. The van der Waals surface area contributed by atoms with E-state index in [0.29, 0.717) is 32.6 Å². The van der Waals surface area contributed by atoms with Crippen molar-refractivity contribution in [3.8, 4) is 0 Å². The highest BCUT2D eigenvalue weighted by Gasteiger charge is 2.41. The second-order valence-corrected chi connectivity index (χ2v) is 26.1. The van der Waals surface area contributed by atoms with Crippen LogP contribution in [0.1, 0.15) is 135 Å². The molecular weight excluding hydrogens is 1210 g/mol. The van der Waals surface area contributed by atoms with E-state index in [4.69, 9.17) is 18.9 Å². The molecular formula is C74H104N8O13. The van der Waals surface area contributed by atoms with Crippen molar-refractivity contribution < 1.29 is 62.1 Å². The first-order chi connectivity index (χ1) is 45.4. The Morgan fingerprint density at radius 1 is 0.505 bits per heavy atom. The number of nitrogens with zero attached hydrogens (tertiary/aromatic N) is 5. The zero-order chi connectivity index (χ0) is 69.5. The van der Waals surface area contributed by atoms with Crippen LogP contribution in [0.2, 0.25) is 0 Å². The number of allylic oxidation sites excluding steroid dienone is 1. The molecule has 21 nitrogen and oxygen atoms in total. The lowest BCUT2D eigenvalue weighted by Crippen LogP contribution is -2.60. The van der Waals surface area contributed by atoms with Crippen molar-refractivity contribution in [1.82, 2.24) is 40.4 Å². The van der Waals surface area contributed by atoms with Crippen LogP contribution in [0.15, 0.2) is 134 Å². The minimum absolute atomic E-state index is 0.0398. The maximum absolute atomic E-state index is 14.2. The topological polar surface area (TPSA) is 243 Å². The lowest BCUT2D eigenvalue weighted by molar-refractivity contribution is -0.151. The maximum atomic E-state index is 14.2. The molecule has 0 radical (unpaired) electrons. The number of hydrogen-bond acceptors (Lipinski definition) is 14. The Labute approximate surface area is 563 Å². The maximum Gasteiger partial charge on any atom is 0.410 e. The van der Waals surface area contributed by atoms with Gasteiger partial charge in [-0.3, -0.25) is 43.3 Å². The summed E-state index contributed by atoms with van der Waals surface area (Å²) in [6, 6.07) is 31.8. The number of ether oxygens (including phenoxy) is 4. The van der Waals surface area contributed by atoms with Gasteiger partial charge < -0.3 is 54.5 Å². The molecule has 3 aliphatic rings. The summed E-state index contributed by atoms with van der Waals surface area (Å²) in [4.78, 5) is 129. The minimum atomic E-state index is -1.17. The standard InChI is InChI=1S/C37H52N4O7.C32H44N4O5.C5H8O/c1-26(2)32(40(7)35(45)30(23-27-17-11-8-12-18-27)39(6)36(46)48-37(3,4)5)33(43)38-29(34(44)41-21-15-10-16-22-41)24-31(42)47-25-28-19-13-9-14-20-28;1-23(2)29(35(4)31(39)26(33-3)20-24-14-8-5-9-15-24)30(38)34-27(32(40)36-18-12-7-13-19-36)21-28(37)41-22-25-16-10-6-11-17-25;1-2-4-6-5-3-1/h8-9,11-14,17-20,26,29-30,32H,10,15-16,21-25H2,1-7H3,(H,38,43);5-6,8-11,14-17,23,26-27,29,33H,7,12-13,18-22H2,1-4H3,(H,34,38);2,4H,1,3,5H2/t29-,30?,32-;26?,27-,29-;/m00./s1. The molecule has 6 atom stereocenters. The number of likely N-dealkylation sites (N-methyl/N-ethyl adjacent to an activating group) is 4. The van der Waals surface area contributed by atoms with Crippen molar-refractivity contribution in [3.05, 3.63) is 156 Å². The van der Waals surface area contributed by atoms with Crippen molar-refractivity contribution >= 4 is 53.5 Å². The van der Waals surface area contributed by atoms with Crippen LogP contribution < -0.4 is 16.0 Å². The number of nitrogens with one attached hydrogen (secondary N) is 3. The largest absolute Gasteiger partial charge is 0.502 e. The van der Waals surface area contributed by atoms with Gasteiger partial charge in [0, 0.05) is 53.7 Å². The number of rotatable bonds is 26. The van der Waals surface area contributed by atoms with Crippen molar-refractivity contribution in [3.63, 3.8) is 0 Å². The predicted molar refractivity (Wildman–Crippen MR) is 364 cm³/mol. The van der Waals surface area contributed by atoms with E-state index in [1.54, 1.807) is 64.8 Å². The van der Waals surface area contributed by atoms with Crippen LogP contribution in [0.4, 0.5) is 4.79 Å².